The maximum Gasteiger partial charge on any atom is 0.337 e. The van der Waals surface area contributed by atoms with Crippen molar-refractivity contribution in [2.24, 2.45) is 0 Å². The van der Waals surface area contributed by atoms with E-state index in [9.17, 15) is 4.79 Å². The van der Waals surface area contributed by atoms with Gasteiger partial charge < -0.3 is 23.7 Å². The Kier molecular flexibility index (Phi) is 9.64. The third-order valence-corrected chi connectivity index (χ3v) is 6.33. The average Bonchev–Trinajstić information content (AvgIpc) is 2.94. The first-order chi connectivity index (χ1) is 17.7. The van der Waals surface area contributed by atoms with Crippen LogP contribution in [0, 0.1) is 0 Å². The average molecular weight is 491 g/mol. The molecule has 0 saturated carbocycles. The molecule has 0 bridgehead atoms. The van der Waals surface area contributed by atoms with E-state index < -0.39 is 30.4 Å². The van der Waals surface area contributed by atoms with Crippen molar-refractivity contribution in [2.45, 2.75) is 63.7 Å². The van der Waals surface area contributed by atoms with E-state index in [-0.39, 0.29) is 6.10 Å². The summed E-state index contributed by atoms with van der Waals surface area (Å²) in [5, 5.41) is 0. The Balaban J connectivity index is 1.61. The van der Waals surface area contributed by atoms with Crippen LogP contribution >= 0.6 is 0 Å². The maximum absolute atomic E-state index is 12.8. The summed E-state index contributed by atoms with van der Waals surface area (Å²) in [5.41, 5.74) is 3.06. The zero-order valence-corrected chi connectivity index (χ0v) is 20.8. The summed E-state index contributed by atoms with van der Waals surface area (Å²) < 4.78 is 30.6. The molecule has 1 saturated heterocycles. The number of hydrogen-bond donors (Lipinski definition) is 0. The lowest BCUT2D eigenvalue weighted by Crippen LogP contribution is -2.62. The molecular weight excluding hydrogens is 456 g/mol. The molecule has 3 aromatic rings. The Morgan fingerprint density at radius 3 is 1.50 bits per heavy atom. The lowest BCUT2D eigenvalue weighted by molar-refractivity contribution is -0.265. The number of carbonyl (C=O) groups is 1. The van der Waals surface area contributed by atoms with Gasteiger partial charge in [0.15, 0.2) is 6.10 Å². The molecule has 1 aliphatic heterocycles. The summed E-state index contributed by atoms with van der Waals surface area (Å²) >= 11 is 0. The summed E-state index contributed by atoms with van der Waals surface area (Å²) in [6, 6.07) is 29.7. The van der Waals surface area contributed by atoms with E-state index in [4.69, 9.17) is 23.7 Å². The normalized spacial score (nSPS) is 23.8. The Labute approximate surface area is 213 Å². The fraction of sp³-hybridized carbons (Fsp3) is 0.367. The number of carbonyl (C=O) groups excluding carboxylic acids is 1. The Morgan fingerprint density at radius 1 is 0.667 bits per heavy atom. The molecule has 0 aromatic heterocycles. The number of rotatable bonds is 11. The van der Waals surface area contributed by atoms with E-state index in [0.29, 0.717) is 26.2 Å². The van der Waals surface area contributed by atoms with Crippen molar-refractivity contribution in [1.82, 2.24) is 0 Å². The molecule has 1 aliphatic rings. The van der Waals surface area contributed by atoms with E-state index in [1.165, 1.54) is 7.11 Å². The van der Waals surface area contributed by atoms with Gasteiger partial charge in [-0.05, 0) is 23.1 Å². The van der Waals surface area contributed by atoms with Crippen LogP contribution in [0.25, 0.3) is 0 Å². The molecule has 6 nitrogen and oxygen atoms in total. The topological polar surface area (TPSA) is 63.2 Å². The van der Waals surface area contributed by atoms with Gasteiger partial charge in [0, 0.05) is 0 Å². The van der Waals surface area contributed by atoms with E-state index in [0.717, 1.165) is 16.7 Å². The minimum Gasteiger partial charge on any atom is -0.467 e. The minimum absolute atomic E-state index is 0.301. The highest BCUT2D eigenvalue weighted by molar-refractivity contribution is 5.75. The van der Waals surface area contributed by atoms with Crippen LogP contribution in [0.15, 0.2) is 91.0 Å². The van der Waals surface area contributed by atoms with E-state index in [1.54, 1.807) is 0 Å². The van der Waals surface area contributed by atoms with Crippen LogP contribution in [0.5, 0.6) is 0 Å². The summed E-state index contributed by atoms with van der Waals surface area (Å²) in [6.07, 6.45) is -2.37. The fourth-order valence-electron chi connectivity index (χ4n) is 4.42. The third kappa shape index (κ3) is 6.80. The summed E-state index contributed by atoms with van der Waals surface area (Å²) in [7, 11) is 1.36. The van der Waals surface area contributed by atoms with Crippen molar-refractivity contribution in [3.05, 3.63) is 108 Å². The summed E-state index contributed by atoms with van der Waals surface area (Å²) in [4.78, 5) is 12.8. The molecule has 4 rings (SSSR count). The first kappa shape index (κ1) is 26.0. The van der Waals surface area contributed by atoms with E-state index in [1.807, 2.05) is 97.9 Å². The van der Waals surface area contributed by atoms with Crippen LogP contribution in [-0.2, 0) is 48.3 Å². The van der Waals surface area contributed by atoms with Crippen molar-refractivity contribution < 1.29 is 28.5 Å². The van der Waals surface area contributed by atoms with Crippen LogP contribution in [0.2, 0.25) is 0 Å². The predicted molar refractivity (Wildman–Crippen MR) is 136 cm³/mol. The van der Waals surface area contributed by atoms with Gasteiger partial charge in [-0.25, -0.2) is 4.79 Å². The highest BCUT2D eigenvalue weighted by Crippen LogP contribution is 2.32. The molecule has 3 aromatic carbocycles. The Morgan fingerprint density at radius 2 is 1.08 bits per heavy atom. The molecule has 1 heterocycles. The number of methoxy groups -OCH3 is 1. The third-order valence-electron chi connectivity index (χ3n) is 6.33. The van der Waals surface area contributed by atoms with Crippen molar-refractivity contribution in [3.63, 3.8) is 0 Å². The van der Waals surface area contributed by atoms with Crippen LogP contribution in [-0.4, -0.2) is 43.6 Å². The van der Waals surface area contributed by atoms with Gasteiger partial charge in [0.05, 0.1) is 33.0 Å². The highest BCUT2D eigenvalue weighted by Gasteiger charge is 2.50. The first-order valence-corrected chi connectivity index (χ1v) is 12.4. The molecular formula is C30H34O6. The molecule has 0 aliphatic carbocycles. The molecule has 0 radical (unpaired) electrons. The van der Waals surface area contributed by atoms with E-state index in [2.05, 4.69) is 0 Å². The standard InChI is InChI=1S/C30H34O6/c1-3-25-26(33-19-22-13-7-4-8-14-22)27(34-20-23-15-9-5-10-16-23)28(29(36-25)30(31)32-2)35-21-24-17-11-6-12-18-24/h4-18,25-29H,3,19-21H2,1-2H3/t25-,26?,27?,28?,29?/m1/s1. The molecule has 6 heteroatoms. The quantitative estimate of drug-likeness (QED) is 0.349. The van der Waals surface area contributed by atoms with Crippen molar-refractivity contribution in [1.29, 1.82) is 0 Å². The Bertz CT molecular complexity index is 1040. The molecule has 36 heavy (non-hydrogen) atoms. The number of benzene rings is 3. The second-order valence-corrected chi connectivity index (χ2v) is 8.81. The lowest BCUT2D eigenvalue weighted by Gasteiger charge is -2.45. The maximum atomic E-state index is 12.8. The second-order valence-electron chi connectivity index (χ2n) is 8.81. The number of esters is 1. The lowest BCUT2D eigenvalue weighted by atomic mass is 9.92. The number of ether oxygens (including phenoxy) is 5. The zero-order chi connectivity index (χ0) is 25.2. The van der Waals surface area contributed by atoms with Gasteiger partial charge in [0.25, 0.3) is 0 Å². The highest BCUT2D eigenvalue weighted by atomic mass is 16.6. The molecule has 4 unspecified atom stereocenters. The predicted octanol–water partition coefficient (Wildman–Crippen LogP) is 5.09. The van der Waals surface area contributed by atoms with Crippen LogP contribution in [0.4, 0.5) is 0 Å². The zero-order valence-electron chi connectivity index (χ0n) is 20.8. The van der Waals surface area contributed by atoms with E-state index >= 15 is 0 Å². The first-order valence-electron chi connectivity index (χ1n) is 12.4. The van der Waals surface area contributed by atoms with Gasteiger partial charge >= 0.3 is 5.97 Å². The molecule has 190 valence electrons. The monoisotopic (exact) mass is 490 g/mol. The molecule has 0 amide bonds. The van der Waals surface area contributed by atoms with Crippen LogP contribution in [0.1, 0.15) is 30.0 Å². The van der Waals surface area contributed by atoms with Gasteiger partial charge in [-0.3, -0.25) is 0 Å². The molecule has 0 spiro atoms. The molecule has 0 N–H and O–H groups in total. The second kappa shape index (κ2) is 13.3. The van der Waals surface area contributed by atoms with Crippen molar-refractivity contribution in [3.8, 4) is 0 Å². The van der Waals surface area contributed by atoms with Crippen molar-refractivity contribution >= 4 is 5.97 Å². The van der Waals surface area contributed by atoms with Crippen LogP contribution in [0.3, 0.4) is 0 Å². The SMILES string of the molecule is CC[C@H]1OC(C(=O)OC)C(OCc2ccccc2)C(OCc2ccccc2)C1OCc1ccccc1. The Hall–Kier alpha value is -3.03. The summed E-state index contributed by atoms with van der Waals surface area (Å²) in [5.74, 6) is -0.485. The number of hydrogen-bond acceptors (Lipinski definition) is 6. The summed E-state index contributed by atoms with van der Waals surface area (Å²) in [6.45, 7) is 3.06. The van der Waals surface area contributed by atoms with Gasteiger partial charge in [0.2, 0.25) is 0 Å². The van der Waals surface area contributed by atoms with Gasteiger partial charge in [0.1, 0.15) is 18.3 Å². The fourth-order valence-corrected chi connectivity index (χ4v) is 4.42. The minimum atomic E-state index is -0.930. The smallest absolute Gasteiger partial charge is 0.337 e. The largest absolute Gasteiger partial charge is 0.467 e. The van der Waals surface area contributed by atoms with Gasteiger partial charge in [-0.15, -0.1) is 0 Å². The molecule has 1 fully saturated rings. The van der Waals surface area contributed by atoms with Gasteiger partial charge in [-0.1, -0.05) is 97.9 Å². The molecule has 5 atom stereocenters. The van der Waals surface area contributed by atoms with Crippen LogP contribution < -0.4 is 0 Å². The van der Waals surface area contributed by atoms with Gasteiger partial charge in [-0.2, -0.15) is 0 Å². The van der Waals surface area contributed by atoms with Crippen molar-refractivity contribution in [2.75, 3.05) is 7.11 Å².